The largest absolute Gasteiger partial charge is 0.257 e. The minimum atomic E-state index is 1.15. The van der Waals surface area contributed by atoms with Crippen LogP contribution in [0.2, 0.25) is 0 Å². The van der Waals surface area contributed by atoms with E-state index in [1.54, 1.807) is 31.1 Å². The van der Waals surface area contributed by atoms with E-state index in [4.69, 9.17) is 0 Å². The first-order chi connectivity index (χ1) is 11.5. The zero-order valence-electron chi connectivity index (χ0n) is 14.9. The van der Waals surface area contributed by atoms with E-state index in [-0.39, 0.29) is 0 Å². The van der Waals surface area contributed by atoms with Crippen molar-refractivity contribution in [3.05, 3.63) is 69.8 Å². The average molecular weight is 338 g/mol. The van der Waals surface area contributed by atoms with E-state index in [9.17, 15) is 0 Å². The maximum atomic E-state index is 2.40. The van der Waals surface area contributed by atoms with Gasteiger partial charge in [-0.1, -0.05) is 58.7 Å². The van der Waals surface area contributed by atoms with Crippen molar-refractivity contribution in [2.45, 2.75) is 26.7 Å². The third-order valence-corrected chi connectivity index (χ3v) is 9.82. The molecule has 0 heterocycles. The van der Waals surface area contributed by atoms with Crippen molar-refractivity contribution in [2.75, 3.05) is 0 Å². The predicted octanol–water partition coefficient (Wildman–Crippen LogP) is 1.96. The molecule has 2 aliphatic rings. The Bertz CT molecular complexity index is 960. The quantitative estimate of drug-likeness (QED) is 0.379. The van der Waals surface area contributed by atoms with Gasteiger partial charge in [0.1, 0.15) is 0 Å². The molecule has 0 spiro atoms. The highest BCUT2D eigenvalue weighted by molar-refractivity contribution is 6.51. The first kappa shape index (κ1) is 15.0. The molecule has 0 nitrogen and oxygen atoms in total. The summed E-state index contributed by atoms with van der Waals surface area (Å²) in [4.78, 5) is 0. The van der Waals surface area contributed by atoms with Crippen molar-refractivity contribution < 1.29 is 0 Å². The molecule has 114 valence electrons. The van der Waals surface area contributed by atoms with E-state index in [0.29, 0.717) is 0 Å². The lowest BCUT2D eigenvalue weighted by Gasteiger charge is -2.17. The molecule has 5 rings (SSSR count). The summed E-state index contributed by atoms with van der Waals surface area (Å²) in [6, 6.07) is 14.1. The molecule has 0 fully saturated rings. The van der Waals surface area contributed by atoms with Gasteiger partial charge in [0.2, 0.25) is 0 Å². The molecule has 0 unspecified atom stereocenters. The molecule has 0 saturated carbocycles. The van der Waals surface area contributed by atoms with E-state index >= 15 is 0 Å². The Morgan fingerprint density at radius 1 is 0.667 bits per heavy atom. The summed E-state index contributed by atoms with van der Waals surface area (Å²) in [6.45, 7) is 4.43. The van der Waals surface area contributed by atoms with Crippen molar-refractivity contribution in [1.82, 2.24) is 0 Å². The fourth-order valence-corrected chi connectivity index (χ4v) is 6.23. The summed E-state index contributed by atoms with van der Waals surface area (Å²) in [7, 11) is 0. The molecule has 2 aliphatic carbocycles. The van der Waals surface area contributed by atoms with Crippen LogP contribution in [0, 0.1) is 13.8 Å². The molecule has 0 N–H and O–H groups in total. The highest BCUT2D eigenvalue weighted by Gasteiger charge is 2.31. The summed E-state index contributed by atoms with van der Waals surface area (Å²) in [5.74, 6) is 0. The Labute approximate surface area is 159 Å². The normalized spacial score (nSPS) is 13.4. The molecule has 0 radical (unpaired) electrons. The summed E-state index contributed by atoms with van der Waals surface area (Å²) in [6.07, 6.45) is 2.30. The Morgan fingerprint density at radius 2 is 1.08 bits per heavy atom. The van der Waals surface area contributed by atoms with Crippen LogP contribution in [0.1, 0.15) is 33.4 Å². The molecular formula is C22H20Al2. The van der Waals surface area contributed by atoms with Crippen molar-refractivity contribution in [3.8, 4) is 22.3 Å². The van der Waals surface area contributed by atoms with Crippen LogP contribution in [0.3, 0.4) is 0 Å². The van der Waals surface area contributed by atoms with E-state index in [0.717, 1.165) is 12.8 Å². The first-order valence-electron chi connectivity index (χ1n) is 8.89. The van der Waals surface area contributed by atoms with Crippen molar-refractivity contribution >= 4 is 41.4 Å². The molecule has 3 aromatic carbocycles. The van der Waals surface area contributed by atoms with Crippen LogP contribution in [0.15, 0.2) is 36.4 Å². The number of hydrogen-bond acceptors (Lipinski definition) is 0. The van der Waals surface area contributed by atoms with Crippen molar-refractivity contribution in [1.29, 1.82) is 0 Å². The van der Waals surface area contributed by atoms with Gasteiger partial charge in [0, 0.05) is 0 Å². The molecule has 0 aliphatic heterocycles. The molecular weight excluding hydrogens is 318 g/mol. The molecule has 0 aromatic heterocycles. The predicted molar refractivity (Wildman–Crippen MR) is 109 cm³/mol. The van der Waals surface area contributed by atoms with Crippen LogP contribution in [-0.4, -0.2) is 32.6 Å². The smallest absolute Gasteiger partial charge is 0.129 e. The highest BCUT2D eigenvalue weighted by atomic mass is 27.1. The molecule has 2 heteroatoms. The van der Waals surface area contributed by atoms with Crippen LogP contribution in [0.5, 0.6) is 0 Å². The molecule has 0 bridgehead atoms. The van der Waals surface area contributed by atoms with Crippen LogP contribution in [0.4, 0.5) is 0 Å². The summed E-state index contributed by atoms with van der Waals surface area (Å²) >= 11 is 2.34. The van der Waals surface area contributed by atoms with Gasteiger partial charge in [-0.25, -0.2) is 0 Å². The van der Waals surface area contributed by atoms with Gasteiger partial charge < -0.3 is 0 Å². The van der Waals surface area contributed by atoms with Gasteiger partial charge in [0.15, 0.2) is 0 Å². The lowest BCUT2D eigenvalue weighted by atomic mass is 9.93. The molecule has 24 heavy (non-hydrogen) atoms. The lowest BCUT2D eigenvalue weighted by molar-refractivity contribution is 1.25. The van der Waals surface area contributed by atoms with Gasteiger partial charge in [0.05, 0.1) is 0 Å². The zero-order valence-corrected chi connectivity index (χ0v) is 18.9. The van der Waals surface area contributed by atoms with E-state index < -0.39 is 0 Å². The van der Waals surface area contributed by atoms with E-state index in [2.05, 4.69) is 50.2 Å². The summed E-state index contributed by atoms with van der Waals surface area (Å²) in [5.41, 5.74) is 15.3. The second kappa shape index (κ2) is 5.11. The van der Waals surface area contributed by atoms with Crippen molar-refractivity contribution in [3.63, 3.8) is 0 Å². The monoisotopic (exact) mass is 338 g/mol. The Hall–Kier alpha value is -1.28. The van der Waals surface area contributed by atoms with Gasteiger partial charge >= 0.3 is 0 Å². The fraction of sp³-hybridized carbons (Fsp3) is 0.182. The topological polar surface area (TPSA) is 0 Å². The zero-order chi connectivity index (χ0) is 16.6. The average Bonchev–Trinajstić information content (AvgIpc) is 3.09. The van der Waals surface area contributed by atoms with Gasteiger partial charge in [-0.3, -0.25) is 0 Å². The number of benzene rings is 3. The first-order valence-corrected chi connectivity index (χ1v) is 10.9. The fourth-order valence-electron chi connectivity index (χ4n) is 4.77. The molecule has 0 amide bonds. The Kier molecular flexibility index (Phi) is 3.20. The maximum Gasteiger partial charge on any atom is 0.257 e. The SMILES string of the molecule is Cc1ccc2c(c1)Cc1[c]([AlH2])[c]([AlH2])c3c(c1-2)-c1ccc(C)cc1C3. The Morgan fingerprint density at radius 3 is 1.50 bits per heavy atom. The second-order valence-corrected chi connectivity index (χ2v) is 9.63. The van der Waals surface area contributed by atoms with Gasteiger partial charge in [-0.05, 0) is 60.1 Å². The van der Waals surface area contributed by atoms with Gasteiger partial charge in [-0.15, -0.1) is 8.85 Å². The molecule has 0 saturated heterocycles. The van der Waals surface area contributed by atoms with Gasteiger partial charge in [-0.2, -0.15) is 0 Å². The van der Waals surface area contributed by atoms with E-state index in [1.807, 2.05) is 0 Å². The minimum Gasteiger partial charge on any atom is -0.129 e. The summed E-state index contributed by atoms with van der Waals surface area (Å²) < 4.78 is 3.41. The van der Waals surface area contributed by atoms with Crippen molar-refractivity contribution in [2.24, 2.45) is 0 Å². The molecule has 0 atom stereocenters. The number of aryl methyl sites for hydroxylation is 2. The van der Waals surface area contributed by atoms with Crippen LogP contribution in [0.25, 0.3) is 22.3 Å². The number of rotatable bonds is 0. The van der Waals surface area contributed by atoms with Crippen LogP contribution >= 0.6 is 0 Å². The Balaban J connectivity index is 1.90. The standard InChI is InChI=1S/C22H16.2Al.4H/c1-13-3-7-19-17(9-13)11-15-5-6-16-12-18-10-14(2)4-8-20(18)22(16)21(15)19;;;;;;/h3-4,7-10H,11-12H2,1-2H3;;;;;;. The summed E-state index contributed by atoms with van der Waals surface area (Å²) in [5, 5.41) is 0. The van der Waals surface area contributed by atoms with E-state index in [1.165, 1.54) is 66.0 Å². The molecule has 3 aromatic rings. The minimum absolute atomic E-state index is 1.15. The third-order valence-electron chi connectivity index (χ3n) is 6.12. The maximum absolute atomic E-state index is 2.40. The van der Waals surface area contributed by atoms with Gasteiger partial charge in [0.25, 0.3) is 32.6 Å². The van der Waals surface area contributed by atoms with Crippen LogP contribution in [-0.2, 0) is 12.8 Å². The number of hydrogen-bond donors (Lipinski definition) is 0. The van der Waals surface area contributed by atoms with Crippen LogP contribution < -0.4 is 8.85 Å². The second-order valence-electron chi connectivity index (χ2n) is 7.63. The third kappa shape index (κ3) is 1.92. The lowest BCUT2D eigenvalue weighted by Crippen LogP contribution is -2.32. The highest BCUT2D eigenvalue weighted by Crippen LogP contribution is 2.47. The number of fused-ring (bicyclic) bond motifs is 7.